The van der Waals surface area contributed by atoms with Crippen molar-refractivity contribution >= 4 is 6.08 Å². The van der Waals surface area contributed by atoms with Gasteiger partial charge in [0.1, 0.15) is 11.8 Å². The third kappa shape index (κ3) is 3.77. The molecule has 2 aromatic carbocycles. The van der Waals surface area contributed by atoms with Gasteiger partial charge in [-0.2, -0.15) is 5.26 Å². The predicted molar refractivity (Wildman–Crippen MR) is 87.5 cm³/mol. The van der Waals surface area contributed by atoms with Gasteiger partial charge in [-0.1, -0.05) is 24.3 Å². The molecule has 5 heteroatoms. The highest BCUT2D eigenvalue weighted by atomic mass is 19.4. The fourth-order valence-corrected chi connectivity index (χ4v) is 2.60. The van der Waals surface area contributed by atoms with Crippen LogP contribution in [-0.2, 0) is 0 Å². The first-order valence-corrected chi connectivity index (χ1v) is 7.30. The van der Waals surface area contributed by atoms with Crippen LogP contribution in [0.1, 0.15) is 29.2 Å². The SMILES string of the molecule is C/C=C\c1c(C)c(-c2ccc(OC(F)(F)F)cc2)cc(C)c1C#N. The van der Waals surface area contributed by atoms with Crippen LogP contribution in [-0.4, -0.2) is 6.36 Å². The lowest BCUT2D eigenvalue weighted by atomic mass is 9.90. The number of rotatable bonds is 3. The molecule has 0 heterocycles. The van der Waals surface area contributed by atoms with Crippen molar-refractivity contribution < 1.29 is 17.9 Å². The molecule has 0 radical (unpaired) electrons. The summed E-state index contributed by atoms with van der Waals surface area (Å²) in [6.07, 6.45) is -0.986. The van der Waals surface area contributed by atoms with Gasteiger partial charge >= 0.3 is 6.36 Å². The first-order valence-electron chi connectivity index (χ1n) is 7.30. The van der Waals surface area contributed by atoms with Crippen LogP contribution in [0.5, 0.6) is 5.75 Å². The van der Waals surface area contributed by atoms with E-state index in [4.69, 9.17) is 0 Å². The van der Waals surface area contributed by atoms with E-state index in [0.717, 1.165) is 27.8 Å². The number of nitrogens with zero attached hydrogens (tertiary/aromatic N) is 1. The normalized spacial score (nSPS) is 11.5. The van der Waals surface area contributed by atoms with E-state index in [0.29, 0.717) is 5.56 Å². The van der Waals surface area contributed by atoms with Crippen LogP contribution in [0.4, 0.5) is 13.2 Å². The van der Waals surface area contributed by atoms with Crippen molar-refractivity contribution in [2.45, 2.75) is 27.1 Å². The Hall–Kier alpha value is -2.74. The molecule has 0 unspecified atom stereocenters. The highest BCUT2D eigenvalue weighted by Gasteiger charge is 2.31. The highest BCUT2D eigenvalue weighted by molar-refractivity contribution is 5.77. The Morgan fingerprint density at radius 1 is 1.12 bits per heavy atom. The second-order valence-corrected chi connectivity index (χ2v) is 5.34. The molecule has 0 bridgehead atoms. The van der Waals surface area contributed by atoms with Crippen LogP contribution in [0.3, 0.4) is 0 Å². The lowest BCUT2D eigenvalue weighted by Gasteiger charge is -2.14. The van der Waals surface area contributed by atoms with Gasteiger partial charge in [-0.15, -0.1) is 13.2 Å². The van der Waals surface area contributed by atoms with Crippen LogP contribution >= 0.6 is 0 Å². The van der Waals surface area contributed by atoms with E-state index in [1.54, 1.807) is 12.1 Å². The predicted octanol–water partition coefficient (Wildman–Crippen LogP) is 5.77. The molecule has 0 amide bonds. The molecule has 0 fully saturated rings. The number of benzene rings is 2. The van der Waals surface area contributed by atoms with Gasteiger partial charge in [0.15, 0.2) is 0 Å². The van der Waals surface area contributed by atoms with Gasteiger partial charge in [-0.3, -0.25) is 0 Å². The van der Waals surface area contributed by atoms with E-state index >= 15 is 0 Å². The topological polar surface area (TPSA) is 33.0 Å². The molecular formula is C19H16F3NO. The summed E-state index contributed by atoms with van der Waals surface area (Å²) in [5, 5.41) is 9.35. The second kappa shape index (κ2) is 6.79. The summed E-state index contributed by atoms with van der Waals surface area (Å²) in [5.74, 6) is -0.261. The summed E-state index contributed by atoms with van der Waals surface area (Å²) in [7, 11) is 0. The zero-order chi connectivity index (χ0) is 17.9. The smallest absolute Gasteiger partial charge is 0.406 e. The van der Waals surface area contributed by atoms with Crippen molar-refractivity contribution in [2.75, 3.05) is 0 Å². The molecular weight excluding hydrogens is 315 g/mol. The van der Waals surface area contributed by atoms with Crippen LogP contribution in [0.25, 0.3) is 17.2 Å². The van der Waals surface area contributed by atoms with Crippen molar-refractivity contribution in [3.8, 4) is 22.9 Å². The molecule has 2 nitrogen and oxygen atoms in total. The van der Waals surface area contributed by atoms with E-state index in [1.165, 1.54) is 12.1 Å². The lowest BCUT2D eigenvalue weighted by Crippen LogP contribution is -2.16. The minimum Gasteiger partial charge on any atom is -0.406 e. The molecule has 0 saturated carbocycles. The number of aryl methyl sites for hydroxylation is 1. The number of ether oxygens (including phenoxy) is 1. The molecule has 2 aromatic rings. The maximum absolute atomic E-state index is 12.2. The summed E-state index contributed by atoms with van der Waals surface area (Å²) in [5.41, 5.74) is 4.79. The number of hydrogen-bond donors (Lipinski definition) is 0. The van der Waals surface area contributed by atoms with E-state index in [9.17, 15) is 18.4 Å². The zero-order valence-corrected chi connectivity index (χ0v) is 13.5. The summed E-state index contributed by atoms with van der Waals surface area (Å²) >= 11 is 0. The van der Waals surface area contributed by atoms with Gasteiger partial charge in [0, 0.05) is 0 Å². The molecule has 124 valence electrons. The molecule has 0 aliphatic carbocycles. The largest absolute Gasteiger partial charge is 0.573 e. The number of allylic oxidation sites excluding steroid dienone is 1. The molecule has 0 N–H and O–H groups in total. The van der Waals surface area contributed by atoms with E-state index in [-0.39, 0.29) is 5.75 Å². The molecule has 0 spiro atoms. The average molecular weight is 331 g/mol. The Morgan fingerprint density at radius 2 is 1.75 bits per heavy atom. The number of nitriles is 1. The molecule has 0 aromatic heterocycles. The maximum atomic E-state index is 12.2. The second-order valence-electron chi connectivity index (χ2n) is 5.34. The van der Waals surface area contributed by atoms with E-state index in [1.807, 2.05) is 39.0 Å². The molecule has 0 aliphatic heterocycles. The molecule has 0 aliphatic rings. The van der Waals surface area contributed by atoms with Gasteiger partial charge in [0.05, 0.1) is 5.56 Å². The number of hydrogen-bond acceptors (Lipinski definition) is 2. The van der Waals surface area contributed by atoms with Gasteiger partial charge in [-0.25, -0.2) is 0 Å². The Bertz CT molecular complexity index is 812. The minimum absolute atomic E-state index is 0.261. The molecule has 0 atom stereocenters. The summed E-state index contributed by atoms with van der Waals surface area (Å²) in [4.78, 5) is 0. The Balaban J connectivity index is 2.52. The van der Waals surface area contributed by atoms with Crippen molar-refractivity contribution in [1.82, 2.24) is 0 Å². The number of halogens is 3. The van der Waals surface area contributed by atoms with Crippen molar-refractivity contribution in [3.05, 3.63) is 58.7 Å². The summed E-state index contributed by atoms with van der Waals surface area (Å²) < 4.78 is 40.6. The van der Waals surface area contributed by atoms with Crippen LogP contribution in [0.15, 0.2) is 36.4 Å². The average Bonchev–Trinajstić information content (AvgIpc) is 2.50. The Kier molecular flexibility index (Phi) is 4.99. The summed E-state index contributed by atoms with van der Waals surface area (Å²) in [6.45, 7) is 5.60. The van der Waals surface area contributed by atoms with Crippen molar-refractivity contribution in [2.24, 2.45) is 0 Å². The molecule has 0 saturated heterocycles. The molecule has 24 heavy (non-hydrogen) atoms. The van der Waals surface area contributed by atoms with Crippen molar-refractivity contribution in [3.63, 3.8) is 0 Å². The maximum Gasteiger partial charge on any atom is 0.573 e. The van der Waals surface area contributed by atoms with Gasteiger partial charge in [0.25, 0.3) is 0 Å². The van der Waals surface area contributed by atoms with Crippen molar-refractivity contribution in [1.29, 1.82) is 5.26 Å². The van der Waals surface area contributed by atoms with E-state index < -0.39 is 6.36 Å². The quantitative estimate of drug-likeness (QED) is 0.715. The minimum atomic E-state index is -4.71. The van der Waals surface area contributed by atoms with E-state index in [2.05, 4.69) is 10.8 Å². The Morgan fingerprint density at radius 3 is 2.25 bits per heavy atom. The monoisotopic (exact) mass is 331 g/mol. The third-order valence-electron chi connectivity index (χ3n) is 3.68. The van der Waals surface area contributed by atoms with Gasteiger partial charge in [-0.05, 0) is 66.8 Å². The highest BCUT2D eigenvalue weighted by Crippen LogP contribution is 2.33. The Labute approximate surface area is 138 Å². The number of alkyl halides is 3. The molecule has 2 rings (SSSR count). The first kappa shape index (κ1) is 17.6. The first-order chi connectivity index (χ1) is 11.3. The third-order valence-corrected chi connectivity index (χ3v) is 3.68. The fourth-order valence-electron chi connectivity index (χ4n) is 2.60. The van der Waals surface area contributed by atoms with Crippen LogP contribution in [0.2, 0.25) is 0 Å². The van der Waals surface area contributed by atoms with Gasteiger partial charge in [0.2, 0.25) is 0 Å². The zero-order valence-electron chi connectivity index (χ0n) is 13.5. The van der Waals surface area contributed by atoms with Crippen LogP contribution < -0.4 is 4.74 Å². The van der Waals surface area contributed by atoms with Crippen LogP contribution in [0, 0.1) is 25.2 Å². The fraction of sp³-hybridized carbons (Fsp3) is 0.211. The standard InChI is InChI=1S/C19H16F3NO/c1-4-5-16-13(3)17(10-12(2)18(16)11-23)14-6-8-15(9-7-14)24-19(20,21)22/h4-10H,1-3H3/b5-4-. The summed E-state index contributed by atoms with van der Waals surface area (Å²) in [6, 6.07) is 9.80. The van der Waals surface area contributed by atoms with Gasteiger partial charge < -0.3 is 4.74 Å². The lowest BCUT2D eigenvalue weighted by molar-refractivity contribution is -0.274.